The number of benzene rings is 1. The molecule has 2 aromatic rings. The summed E-state index contributed by atoms with van der Waals surface area (Å²) in [6, 6.07) is 4.98. The van der Waals surface area contributed by atoms with Gasteiger partial charge in [0.05, 0.1) is 23.4 Å². The van der Waals surface area contributed by atoms with Crippen molar-refractivity contribution in [3.8, 4) is 0 Å². The van der Waals surface area contributed by atoms with Crippen molar-refractivity contribution < 1.29 is 9.13 Å². The third-order valence-corrected chi connectivity index (χ3v) is 6.59. The average Bonchev–Trinajstić information content (AvgIpc) is 3.14. The number of fused-ring (bicyclic) bond motifs is 1. The molecule has 8 heteroatoms. The molecule has 32 heavy (non-hydrogen) atoms. The van der Waals surface area contributed by atoms with Crippen LogP contribution in [0.4, 0.5) is 10.2 Å². The topological polar surface area (TPSA) is 67.5 Å². The predicted octanol–water partition coefficient (Wildman–Crippen LogP) is 4.41. The number of hydrogen-bond acceptors (Lipinski definition) is 6. The number of ether oxygens (including phenoxy) is 1. The maximum absolute atomic E-state index is 14.2. The van der Waals surface area contributed by atoms with E-state index in [1.54, 1.807) is 12.4 Å². The maximum Gasteiger partial charge on any atom is 0.142 e. The van der Waals surface area contributed by atoms with Gasteiger partial charge in [-0.15, -0.1) is 0 Å². The van der Waals surface area contributed by atoms with Crippen LogP contribution in [0.3, 0.4) is 0 Å². The molecule has 0 spiro atoms. The van der Waals surface area contributed by atoms with Gasteiger partial charge >= 0.3 is 0 Å². The molecule has 0 aliphatic carbocycles. The highest BCUT2D eigenvalue weighted by molar-refractivity contribution is 6.30. The van der Waals surface area contributed by atoms with Crippen LogP contribution in [0.15, 0.2) is 36.8 Å². The zero-order valence-corrected chi connectivity index (χ0v) is 19.7. The van der Waals surface area contributed by atoms with E-state index in [1.165, 1.54) is 6.07 Å². The minimum Gasteiger partial charge on any atom is -0.371 e. The highest BCUT2D eigenvalue weighted by Crippen LogP contribution is 2.37. The summed E-state index contributed by atoms with van der Waals surface area (Å²) >= 11 is 5.91. The fourth-order valence-electron chi connectivity index (χ4n) is 4.60. The monoisotopic (exact) mass is 459 g/mol. The molecule has 0 amide bonds. The Balaban J connectivity index is 1.51. The van der Waals surface area contributed by atoms with Gasteiger partial charge in [0.15, 0.2) is 0 Å². The van der Waals surface area contributed by atoms with E-state index in [0.717, 1.165) is 54.5 Å². The van der Waals surface area contributed by atoms with E-state index >= 15 is 0 Å². The molecule has 0 saturated carbocycles. The second kappa shape index (κ2) is 8.96. The molecular weight excluding hydrogens is 429 g/mol. The summed E-state index contributed by atoms with van der Waals surface area (Å²) < 4.78 is 20.0. The van der Waals surface area contributed by atoms with Crippen LogP contribution >= 0.6 is 11.6 Å². The van der Waals surface area contributed by atoms with Crippen molar-refractivity contribution in [1.82, 2.24) is 14.9 Å². The molecule has 3 heterocycles. The van der Waals surface area contributed by atoms with Crippen molar-refractivity contribution in [2.45, 2.75) is 51.4 Å². The van der Waals surface area contributed by atoms with Crippen LogP contribution < -0.4 is 10.6 Å². The molecule has 1 fully saturated rings. The summed E-state index contributed by atoms with van der Waals surface area (Å²) in [6.45, 7) is 14.2. The van der Waals surface area contributed by atoms with Gasteiger partial charge in [-0.05, 0) is 44.9 Å². The Labute approximate surface area is 194 Å². The number of aromatic nitrogens is 2. The quantitative estimate of drug-likeness (QED) is 0.690. The second-order valence-electron chi connectivity index (χ2n) is 9.40. The lowest BCUT2D eigenvalue weighted by Crippen LogP contribution is -2.47. The minimum atomic E-state index is -0.427. The van der Waals surface area contributed by atoms with Crippen molar-refractivity contribution in [3.05, 3.63) is 64.5 Å². The summed E-state index contributed by atoms with van der Waals surface area (Å²) in [7, 11) is 0. The van der Waals surface area contributed by atoms with Crippen LogP contribution in [0.1, 0.15) is 56.0 Å². The SMILES string of the molecule is C=C([C@H](CC(C)(C)N)c1ccc(Cl)c(F)c1)N1CCN(c2ncnc3c2[C@@H](C)OC3)CC1. The number of piperazine rings is 1. The van der Waals surface area contributed by atoms with Crippen LogP contribution in [0, 0.1) is 5.82 Å². The molecule has 2 aliphatic heterocycles. The molecule has 1 aromatic carbocycles. The predicted molar refractivity (Wildman–Crippen MR) is 125 cm³/mol. The first-order valence-electron chi connectivity index (χ1n) is 11.0. The summed E-state index contributed by atoms with van der Waals surface area (Å²) in [4.78, 5) is 13.5. The van der Waals surface area contributed by atoms with E-state index in [9.17, 15) is 4.39 Å². The van der Waals surface area contributed by atoms with Gasteiger partial charge in [0, 0.05) is 48.9 Å². The number of anilines is 1. The van der Waals surface area contributed by atoms with Gasteiger partial charge in [0.25, 0.3) is 0 Å². The van der Waals surface area contributed by atoms with Gasteiger partial charge in [-0.2, -0.15) is 0 Å². The molecule has 0 unspecified atom stereocenters. The third-order valence-electron chi connectivity index (χ3n) is 6.29. The first-order chi connectivity index (χ1) is 15.1. The zero-order chi connectivity index (χ0) is 23.0. The van der Waals surface area contributed by atoms with E-state index in [-0.39, 0.29) is 17.0 Å². The molecule has 6 nitrogen and oxygen atoms in total. The number of rotatable bonds is 6. The van der Waals surface area contributed by atoms with E-state index in [1.807, 2.05) is 26.8 Å². The Bertz CT molecular complexity index is 1000. The van der Waals surface area contributed by atoms with Gasteiger partial charge in [-0.1, -0.05) is 24.2 Å². The molecular formula is C24H31ClFN5O. The van der Waals surface area contributed by atoms with E-state index in [4.69, 9.17) is 22.1 Å². The largest absolute Gasteiger partial charge is 0.371 e. The zero-order valence-electron chi connectivity index (χ0n) is 18.9. The highest BCUT2D eigenvalue weighted by atomic mass is 35.5. The normalized spacial score (nSPS) is 19.8. The first-order valence-corrected chi connectivity index (χ1v) is 11.4. The molecule has 2 N–H and O–H groups in total. The van der Waals surface area contributed by atoms with Gasteiger partial charge in [0.2, 0.25) is 0 Å². The molecule has 0 bridgehead atoms. The molecule has 1 saturated heterocycles. The van der Waals surface area contributed by atoms with Crippen molar-refractivity contribution >= 4 is 17.4 Å². The Kier molecular flexibility index (Phi) is 6.43. The maximum atomic E-state index is 14.2. The minimum absolute atomic E-state index is 0.00478. The number of nitrogens with zero attached hydrogens (tertiary/aromatic N) is 4. The Morgan fingerprint density at radius 3 is 2.69 bits per heavy atom. The van der Waals surface area contributed by atoms with Crippen molar-refractivity contribution in [2.75, 3.05) is 31.1 Å². The lowest BCUT2D eigenvalue weighted by Gasteiger charge is -2.41. The van der Waals surface area contributed by atoms with E-state index in [2.05, 4.69) is 26.3 Å². The fourth-order valence-corrected chi connectivity index (χ4v) is 4.72. The molecule has 1 aromatic heterocycles. The second-order valence-corrected chi connectivity index (χ2v) is 9.80. The molecule has 2 aliphatic rings. The summed E-state index contributed by atoms with van der Waals surface area (Å²) in [6.07, 6.45) is 2.28. The van der Waals surface area contributed by atoms with Crippen LogP contribution in [-0.4, -0.2) is 46.6 Å². The van der Waals surface area contributed by atoms with Gasteiger partial charge in [-0.3, -0.25) is 0 Å². The number of allylic oxidation sites excluding steroid dienone is 1. The fraction of sp³-hybridized carbons (Fsp3) is 0.500. The van der Waals surface area contributed by atoms with E-state index < -0.39 is 11.4 Å². The lowest BCUT2D eigenvalue weighted by molar-refractivity contribution is 0.0787. The van der Waals surface area contributed by atoms with Crippen LogP contribution in [-0.2, 0) is 11.3 Å². The molecule has 0 radical (unpaired) electrons. The average molecular weight is 460 g/mol. The number of hydrogen-bond donors (Lipinski definition) is 1. The molecule has 172 valence electrons. The standard InChI is InChI=1S/C24H31ClFN5O/c1-15(18(12-24(3,4)27)17-5-6-19(25)20(26)11-17)30-7-9-31(10-8-30)23-22-16(2)32-13-21(22)28-14-29-23/h5-6,11,14,16,18H,1,7-10,12-13,27H2,2-4H3/t16-,18+/m1/s1. The summed E-state index contributed by atoms with van der Waals surface area (Å²) in [5, 5.41) is 0.120. The Hall–Kier alpha value is -2.22. The van der Waals surface area contributed by atoms with Crippen LogP contribution in [0.2, 0.25) is 5.02 Å². The third kappa shape index (κ3) is 4.75. The Morgan fingerprint density at radius 2 is 2.03 bits per heavy atom. The van der Waals surface area contributed by atoms with Gasteiger partial charge < -0.3 is 20.3 Å². The summed E-state index contributed by atoms with van der Waals surface area (Å²) in [5.41, 5.74) is 9.80. The van der Waals surface area contributed by atoms with Crippen LogP contribution in [0.5, 0.6) is 0 Å². The van der Waals surface area contributed by atoms with Crippen molar-refractivity contribution in [2.24, 2.45) is 5.73 Å². The van der Waals surface area contributed by atoms with Gasteiger partial charge in [-0.25, -0.2) is 14.4 Å². The number of nitrogens with two attached hydrogens (primary N) is 1. The van der Waals surface area contributed by atoms with Crippen molar-refractivity contribution in [3.63, 3.8) is 0 Å². The first kappa shape index (κ1) is 23.0. The lowest BCUT2D eigenvalue weighted by atomic mass is 9.84. The smallest absolute Gasteiger partial charge is 0.142 e. The Morgan fingerprint density at radius 1 is 1.31 bits per heavy atom. The van der Waals surface area contributed by atoms with E-state index in [0.29, 0.717) is 13.0 Å². The molecule has 2 atom stereocenters. The number of halogens is 2. The molecule has 4 rings (SSSR count). The van der Waals surface area contributed by atoms with Crippen molar-refractivity contribution in [1.29, 1.82) is 0 Å². The highest BCUT2D eigenvalue weighted by Gasteiger charge is 2.31. The summed E-state index contributed by atoms with van der Waals surface area (Å²) in [5.74, 6) is 0.449. The van der Waals surface area contributed by atoms with Gasteiger partial charge in [0.1, 0.15) is 18.0 Å². The van der Waals surface area contributed by atoms with Crippen LogP contribution in [0.25, 0.3) is 0 Å².